The van der Waals surface area contributed by atoms with E-state index in [1.54, 1.807) is 32.5 Å². The van der Waals surface area contributed by atoms with Crippen molar-refractivity contribution >= 4 is 17.5 Å². The zero-order chi connectivity index (χ0) is 20.2. The van der Waals surface area contributed by atoms with E-state index in [4.69, 9.17) is 14.7 Å². The molecule has 0 radical (unpaired) electrons. The predicted molar refractivity (Wildman–Crippen MR) is 109 cm³/mol. The van der Waals surface area contributed by atoms with E-state index in [1.807, 2.05) is 24.3 Å². The van der Waals surface area contributed by atoms with Crippen molar-refractivity contribution in [3.05, 3.63) is 59.3 Å². The van der Waals surface area contributed by atoms with Gasteiger partial charge < -0.3 is 19.7 Å². The molecule has 0 unspecified atom stereocenters. The van der Waals surface area contributed by atoms with Crippen molar-refractivity contribution in [1.82, 2.24) is 15.2 Å². The third-order valence-corrected chi connectivity index (χ3v) is 4.86. The van der Waals surface area contributed by atoms with Gasteiger partial charge in [-0.2, -0.15) is 15.3 Å². The van der Waals surface area contributed by atoms with Gasteiger partial charge in [-0.3, -0.25) is 0 Å². The molecule has 1 aliphatic rings. The van der Waals surface area contributed by atoms with E-state index in [1.165, 1.54) is 11.1 Å². The predicted octanol–water partition coefficient (Wildman–Crippen LogP) is 3.07. The van der Waals surface area contributed by atoms with Crippen LogP contribution in [0.5, 0.6) is 11.5 Å². The molecule has 8 nitrogen and oxygen atoms in total. The summed E-state index contributed by atoms with van der Waals surface area (Å²) in [5.74, 6) is 2.62. The van der Waals surface area contributed by atoms with E-state index < -0.39 is 0 Å². The highest BCUT2D eigenvalue weighted by Gasteiger charge is 2.21. The van der Waals surface area contributed by atoms with Gasteiger partial charge in [-0.05, 0) is 53.9 Å². The minimum absolute atomic E-state index is 0.408. The van der Waals surface area contributed by atoms with E-state index >= 15 is 0 Å². The summed E-state index contributed by atoms with van der Waals surface area (Å²) in [7, 11) is 3.29. The Kier molecular flexibility index (Phi) is 5.12. The van der Waals surface area contributed by atoms with Crippen LogP contribution in [-0.4, -0.2) is 35.9 Å². The van der Waals surface area contributed by atoms with Crippen molar-refractivity contribution in [3.63, 3.8) is 0 Å². The molecule has 2 heterocycles. The lowest BCUT2D eigenvalue weighted by molar-refractivity contribution is 0.353. The lowest BCUT2D eigenvalue weighted by Gasteiger charge is -2.30. The summed E-state index contributed by atoms with van der Waals surface area (Å²) in [6.07, 6.45) is 2.54. The summed E-state index contributed by atoms with van der Waals surface area (Å²) in [5.41, 5.74) is 3.82. The van der Waals surface area contributed by atoms with Gasteiger partial charge >= 0.3 is 0 Å². The second-order valence-electron chi connectivity index (χ2n) is 6.60. The first-order chi connectivity index (χ1) is 14.2. The van der Waals surface area contributed by atoms with Gasteiger partial charge in [-0.25, -0.2) is 0 Å². The third kappa shape index (κ3) is 3.89. The summed E-state index contributed by atoms with van der Waals surface area (Å²) in [6.45, 7) is 1.52. The highest BCUT2D eigenvalue weighted by Crippen LogP contribution is 2.34. The average Bonchev–Trinajstić information content (AvgIpc) is 2.78. The van der Waals surface area contributed by atoms with Crippen molar-refractivity contribution in [2.24, 2.45) is 0 Å². The Morgan fingerprint density at radius 3 is 2.48 bits per heavy atom. The summed E-state index contributed by atoms with van der Waals surface area (Å²) in [5, 5.41) is 20.2. The SMILES string of the molecule is COc1cc2c(cc1OC)CN(c1cnnc(Nc3ccc(C#N)cc3)n1)CC2. The number of rotatable bonds is 5. The maximum absolute atomic E-state index is 8.91. The number of hydrogen-bond acceptors (Lipinski definition) is 8. The van der Waals surface area contributed by atoms with Crippen molar-refractivity contribution in [3.8, 4) is 17.6 Å². The molecule has 3 aromatic rings. The minimum Gasteiger partial charge on any atom is -0.493 e. The Labute approximate surface area is 168 Å². The number of aromatic nitrogens is 3. The molecular formula is C21H20N6O2. The van der Waals surface area contributed by atoms with Crippen LogP contribution in [0.15, 0.2) is 42.6 Å². The number of fused-ring (bicyclic) bond motifs is 1. The van der Waals surface area contributed by atoms with Gasteiger partial charge in [-0.1, -0.05) is 0 Å². The second kappa shape index (κ2) is 8.02. The zero-order valence-corrected chi connectivity index (χ0v) is 16.2. The minimum atomic E-state index is 0.408. The first kappa shape index (κ1) is 18.5. The molecule has 0 aliphatic carbocycles. The van der Waals surface area contributed by atoms with Crippen LogP contribution in [-0.2, 0) is 13.0 Å². The maximum atomic E-state index is 8.91. The van der Waals surface area contributed by atoms with Crippen LogP contribution in [0.2, 0.25) is 0 Å². The molecule has 0 bridgehead atoms. The summed E-state index contributed by atoms with van der Waals surface area (Å²) in [6, 6.07) is 13.3. The average molecular weight is 388 g/mol. The molecular weight excluding hydrogens is 368 g/mol. The Balaban J connectivity index is 1.54. The number of anilines is 3. The number of nitrogens with zero attached hydrogens (tertiary/aromatic N) is 5. The normalized spacial score (nSPS) is 12.7. The van der Waals surface area contributed by atoms with Gasteiger partial charge in [0.25, 0.3) is 0 Å². The standard InChI is InChI=1S/C21H20N6O2/c1-28-18-9-15-7-8-27(13-16(15)10-19(18)29-2)20-12-23-26-21(25-20)24-17-5-3-14(11-22)4-6-17/h3-6,9-10,12H,7-8,13H2,1-2H3,(H,24,25,26). The van der Waals surface area contributed by atoms with E-state index in [0.29, 0.717) is 18.1 Å². The van der Waals surface area contributed by atoms with Gasteiger partial charge in [0.2, 0.25) is 5.95 Å². The van der Waals surface area contributed by atoms with Gasteiger partial charge in [0, 0.05) is 18.8 Å². The monoisotopic (exact) mass is 388 g/mol. The lowest BCUT2D eigenvalue weighted by atomic mass is 9.99. The van der Waals surface area contributed by atoms with Gasteiger partial charge in [0.05, 0.1) is 32.0 Å². The van der Waals surface area contributed by atoms with Gasteiger partial charge in [0.15, 0.2) is 17.3 Å². The molecule has 0 fully saturated rings. The largest absolute Gasteiger partial charge is 0.493 e. The Morgan fingerprint density at radius 1 is 1.07 bits per heavy atom. The third-order valence-electron chi connectivity index (χ3n) is 4.86. The van der Waals surface area contributed by atoms with Crippen LogP contribution < -0.4 is 19.7 Å². The van der Waals surface area contributed by atoms with E-state index in [0.717, 1.165) is 36.0 Å². The summed E-state index contributed by atoms with van der Waals surface area (Å²) < 4.78 is 10.8. The molecule has 1 aliphatic heterocycles. The molecule has 1 N–H and O–H groups in total. The molecule has 0 saturated carbocycles. The van der Waals surface area contributed by atoms with E-state index in [2.05, 4.69) is 31.5 Å². The zero-order valence-electron chi connectivity index (χ0n) is 16.2. The Morgan fingerprint density at radius 2 is 1.79 bits per heavy atom. The quantitative estimate of drug-likeness (QED) is 0.712. The molecule has 4 rings (SSSR count). The fourth-order valence-corrected chi connectivity index (χ4v) is 3.34. The maximum Gasteiger partial charge on any atom is 0.249 e. The molecule has 0 saturated heterocycles. The molecule has 1 aromatic heterocycles. The first-order valence-corrected chi connectivity index (χ1v) is 9.16. The number of hydrogen-bond donors (Lipinski definition) is 1. The van der Waals surface area contributed by atoms with Crippen molar-refractivity contribution < 1.29 is 9.47 Å². The van der Waals surface area contributed by atoms with E-state index in [9.17, 15) is 0 Å². The van der Waals surface area contributed by atoms with Crippen LogP contribution in [0.25, 0.3) is 0 Å². The smallest absolute Gasteiger partial charge is 0.249 e. The number of methoxy groups -OCH3 is 2. The Hall–Kier alpha value is -3.86. The van der Waals surface area contributed by atoms with Crippen molar-refractivity contribution in [2.45, 2.75) is 13.0 Å². The molecule has 0 amide bonds. The molecule has 2 aromatic carbocycles. The molecule has 0 spiro atoms. The fraction of sp³-hybridized carbons (Fsp3) is 0.238. The molecule has 0 atom stereocenters. The van der Waals surface area contributed by atoms with Gasteiger partial charge in [0.1, 0.15) is 0 Å². The van der Waals surface area contributed by atoms with E-state index in [-0.39, 0.29) is 0 Å². The van der Waals surface area contributed by atoms with Gasteiger partial charge in [-0.15, -0.1) is 5.10 Å². The highest BCUT2D eigenvalue weighted by atomic mass is 16.5. The molecule has 8 heteroatoms. The topological polar surface area (TPSA) is 96.2 Å². The summed E-state index contributed by atoms with van der Waals surface area (Å²) in [4.78, 5) is 6.76. The van der Waals surface area contributed by atoms with Crippen molar-refractivity contribution in [1.29, 1.82) is 5.26 Å². The van der Waals surface area contributed by atoms with Crippen LogP contribution >= 0.6 is 0 Å². The van der Waals surface area contributed by atoms with Crippen LogP contribution in [0.4, 0.5) is 17.5 Å². The number of benzene rings is 2. The number of nitriles is 1. The highest BCUT2D eigenvalue weighted by molar-refractivity contribution is 5.56. The second-order valence-corrected chi connectivity index (χ2v) is 6.60. The Bertz CT molecular complexity index is 1060. The molecule has 146 valence electrons. The van der Waals surface area contributed by atoms with Crippen LogP contribution in [0.3, 0.4) is 0 Å². The fourth-order valence-electron chi connectivity index (χ4n) is 3.34. The van der Waals surface area contributed by atoms with Crippen LogP contribution in [0.1, 0.15) is 16.7 Å². The lowest BCUT2D eigenvalue weighted by Crippen LogP contribution is -2.31. The van der Waals surface area contributed by atoms with Crippen molar-refractivity contribution in [2.75, 3.05) is 31.0 Å². The number of nitrogens with one attached hydrogen (secondary N) is 1. The summed E-state index contributed by atoms with van der Waals surface area (Å²) >= 11 is 0. The first-order valence-electron chi connectivity index (χ1n) is 9.16. The number of ether oxygens (including phenoxy) is 2. The van der Waals surface area contributed by atoms with Crippen LogP contribution in [0, 0.1) is 11.3 Å². The molecule has 29 heavy (non-hydrogen) atoms.